The molecular weight excluding hydrogens is 114 g/mol. The molecule has 0 N–H and O–H groups in total. The van der Waals surface area contributed by atoms with Crippen LogP contribution in [-0.2, 0) is 4.79 Å². The van der Waals surface area contributed by atoms with Gasteiger partial charge in [0, 0.05) is 12.6 Å². The highest BCUT2D eigenvalue weighted by atomic mass is 16.2. The molecule has 0 radical (unpaired) electrons. The van der Waals surface area contributed by atoms with Crippen LogP contribution in [0.5, 0.6) is 0 Å². The molecule has 1 heterocycles. The molecule has 1 unspecified atom stereocenters. The summed E-state index contributed by atoms with van der Waals surface area (Å²) in [6.07, 6.45) is 0. The molecule has 9 heavy (non-hydrogen) atoms. The van der Waals surface area contributed by atoms with Crippen LogP contribution in [0.25, 0.3) is 0 Å². The van der Waals surface area contributed by atoms with Gasteiger partial charge in [-0.25, -0.2) is 0 Å². The average molecular weight is 127 g/mol. The number of hydrogen-bond donors (Lipinski definition) is 0. The molecule has 1 aliphatic heterocycles. The van der Waals surface area contributed by atoms with Crippen molar-refractivity contribution < 1.29 is 4.79 Å². The Kier molecular flexibility index (Phi) is 1.47. The Bertz CT molecular complexity index is 131. The molecule has 1 aliphatic rings. The molecule has 0 spiro atoms. The van der Waals surface area contributed by atoms with Gasteiger partial charge >= 0.3 is 0 Å². The lowest BCUT2D eigenvalue weighted by molar-refractivity contribution is -0.149. The van der Waals surface area contributed by atoms with Crippen molar-refractivity contribution in [2.75, 3.05) is 6.54 Å². The fourth-order valence-electron chi connectivity index (χ4n) is 1.10. The fraction of sp³-hybridized carbons (Fsp3) is 0.857. The Morgan fingerprint density at radius 2 is 2.22 bits per heavy atom. The Labute approximate surface area is 55.8 Å². The zero-order chi connectivity index (χ0) is 7.02. The van der Waals surface area contributed by atoms with E-state index >= 15 is 0 Å². The van der Waals surface area contributed by atoms with E-state index in [2.05, 4.69) is 0 Å². The maximum absolute atomic E-state index is 10.9. The first kappa shape index (κ1) is 6.59. The van der Waals surface area contributed by atoms with Crippen molar-refractivity contribution in [3.63, 3.8) is 0 Å². The van der Waals surface area contributed by atoms with E-state index in [1.54, 1.807) is 0 Å². The highest BCUT2D eigenvalue weighted by Gasteiger charge is 2.33. The average Bonchev–Trinajstić information content (AvgIpc) is 1.81. The normalized spacial score (nSPS) is 26.9. The summed E-state index contributed by atoms with van der Waals surface area (Å²) in [6.45, 7) is 7.02. The van der Waals surface area contributed by atoms with E-state index in [0.717, 1.165) is 6.54 Å². The molecule has 52 valence electrons. The molecule has 1 rings (SSSR count). The van der Waals surface area contributed by atoms with Crippen LogP contribution in [0.3, 0.4) is 0 Å². The van der Waals surface area contributed by atoms with E-state index in [1.165, 1.54) is 0 Å². The molecule has 1 fully saturated rings. The van der Waals surface area contributed by atoms with Gasteiger partial charge in [0.05, 0.1) is 5.92 Å². The highest BCUT2D eigenvalue weighted by molar-refractivity contribution is 5.84. The van der Waals surface area contributed by atoms with Gasteiger partial charge in [-0.15, -0.1) is 0 Å². The Balaban J connectivity index is 2.42. The lowest BCUT2D eigenvalue weighted by Gasteiger charge is -2.39. The summed E-state index contributed by atoms with van der Waals surface area (Å²) < 4.78 is 0. The predicted molar refractivity (Wildman–Crippen MR) is 36.0 cm³/mol. The predicted octanol–water partition coefficient (Wildman–Crippen LogP) is 0.873. The van der Waals surface area contributed by atoms with E-state index in [-0.39, 0.29) is 5.92 Å². The summed E-state index contributed by atoms with van der Waals surface area (Å²) in [6, 6.07) is 0.397. The minimum absolute atomic E-state index is 0.285. The smallest absolute Gasteiger partial charge is 0.227 e. The molecule has 2 nitrogen and oxygen atoms in total. The second-order valence-corrected chi connectivity index (χ2v) is 2.99. The molecule has 1 amide bonds. The third-order valence-corrected chi connectivity index (χ3v) is 1.80. The third-order valence-electron chi connectivity index (χ3n) is 1.80. The summed E-state index contributed by atoms with van der Waals surface area (Å²) in [4.78, 5) is 12.8. The minimum Gasteiger partial charge on any atom is -0.339 e. The molecule has 1 atom stereocenters. The van der Waals surface area contributed by atoms with Crippen LogP contribution < -0.4 is 0 Å². The Hall–Kier alpha value is -0.530. The summed E-state index contributed by atoms with van der Waals surface area (Å²) >= 11 is 0. The summed E-state index contributed by atoms with van der Waals surface area (Å²) in [5, 5.41) is 0. The number of rotatable bonds is 1. The van der Waals surface area contributed by atoms with Crippen LogP contribution >= 0.6 is 0 Å². The van der Waals surface area contributed by atoms with Gasteiger partial charge in [-0.2, -0.15) is 0 Å². The van der Waals surface area contributed by atoms with E-state index in [0.29, 0.717) is 11.9 Å². The van der Waals surface area contributed by atoms with E-state index in [1.807, 2.05) is 25.7 Å². The van der Waals surface area contributed by atoms with Crippen molar-refractivity contribution in [1.82, 2.24) is 4.90 Å². The number of likely N-dealkylation sites (tertiary alicyclic amines) is 1. The van der Waals surface area contributed by atoms with Crippen molar-refractivity contribution >= 4 is 5.91 Å². The molecule has 0 aromatic carbocycles. The SMILES string of the molecule is CC1CN(C(C)C)C1=O. The fourth-order valence-corrected chi connectivity index (χ4v) is 1.10. The maximum Gasteiger partial charge on any atom is 0.227 e. The van der Waals surface area contributed by atoms with E-state index in [9.17, 15) is 4.79 Å². The summed E-state index contributed by atoms with van der Waals surface area (Å²) in [5.74, 6) is 0.595. The summed E-state index contributed by atoms with van der Waals surface area (Å²) in [7, 11) is 0. The molecular formula is C7H13NO. The first-order valence-corrected chi connectivity index (χ1v) is 3.43. The van der Waals surface area contributed by atoms with Gasteiger partial charge < -0.3 is 4.90 Å². The molecule has 1 saturated heterocycles. The Morgan fingerprint density at radius 3 is 2.33 bits per heavy atom. The van der Waals surface area contributed by atoms with E-state index in [4.69, 9.17) is 0 Å². The molecule has 0 bridgehead atoms. The van der Waals surface area contributed by atoms with Gasteiger partial charge in [0.1, 0.15) is 0 Å². The highest BCUT2D eigenvalue weighted by Crippen LogP contribution is 2.18. The van der Waals surface area contributed by atoms with Crippen LogP contribution in [0, 0.1) is 5.92 Å². The number of hydrogen-bond acceptors (Lipinski definition) is 1. The number of carbonyl (C=O) groups is 1. The third kappa shape index (κ3) is 0.934. The number of amides is 1. The minimum atomic E-state index is 0.285. The van der Waals surface area contributed by atoms with Crippen LogP contribution in [0.15, 0.2) is 0 Å². The number of β-lactam (4-membered cyclic amide) rings is 1. The monoisotopic (exact) mass is 127 g/mol. The van der Waals surface area contributed by atoms with E-state index < -0.39 is 0 Å². The van der Waals surface area contributed by atoms with Crippen LogP contribution in [0.2, 0.25) is 0 Å². The van der Waals surface area contributed by atoms with Crippen LogP contribution in [0.4, 0.5) is 0 Å². The maximum atomic E-state index is 10.9. The van der Waals surface area contributed by atoms with Gasteiger partial charge in [0.25, 0.3) is 0 Å². The van der Waals surface area contributed by atoms with Gasteiger partial charge in [0.15, 0.2) is 0 Å². The van der Waals surface area contributed by atoms with Gasteiger partial charge in [-0.3, -0.25) is 4.79 Å². The zero-order valence-corrected chi connectivity index (χ0v) is 6.22. The van der Waals surface area contributed by atoms with Crippen molar-refractivity contribution in [2.24, 2.45) is 5.92 Å². The summed E-state index contributed by atoms with van der Waals surface area (Å²) in [5.41, 5.74) is 0. The second kappa shape index (κ2) is 2.01. The van der Waals surface area contributed by atoms with Crippen molar-refractivity contribution in [1.29, 1.82) is 0 Å². The van der Waals surface area contributed by atoms with Gasteiger partial charge in [0.2, 0.25) is 5.91 Å². The first-order valence-electron chi connectivity index (χ1n) is 3.43. The van der Waals surface area contributed by atoms with Crippen LogP contribution in [0.1, 0.15) is 20.8 Å². The first-order chi connectivity index (χ1) is 4.13. The van der Waals surface area contributed by atoms with Crippen molar-refractivity contribution in [2.45, 2.75) is 26.8 Å². The van der Waals surface area contributed by atoms with Gasteiger partial charge in [-0.05, 0) is 13.8 Å². The standard InChI is InChI=1S/C7H13NO/c1-5(2)8-4-6(3)7(8)9/h5-6H,4H2,1-3H3. The second-order valence-electron chi connectivity index (χ2n) is 2.99. The topological polar surface area (TPSA) is 20.3 Å². The molecule has 0 aliphatic carbocycles. The van der Waals surface area contributed by atoms with Crippen LogP contribution in [-0.4, -0.2) is 23.4 Å². The van der Waals surface area contributed by atoms with Crippen molar-refractivity contribution in [3.05, 3.63) is 0 Å². The number of carbonyl (C=O) groups excluding carboxylic acids is 1. The quantitative estimate of drug-likeness (QED) is 0.479. The largest absolute Gasteiger partial charge is 0.339 e. The van der Waals surface area contributed by atoms with Crippen molar-refractivity contribution in [3.8, 4) is 0 Å². The molecule has 0 aromatic rings. The molecule has 0 saturated carbocycles. The number of nitrogens with zero attached hydrogens (tertiary/aromatic N) is 1. The van der Waals surface area contributed by atoms with Gasteiger partial charge in [-0.1, -0.05) is 6.92 Å². The zero-order valence-electron chi connectivity index (χ0n) is 6.22. The Morgan fingerprint density at radius 1 is 1.67 bits per heavy atom. The molecule has 0 aromatic heterocycles. The lowest BCUT2D eigenvalue weighted by Crippen LogP contribution is -2.54. The molecule has 2 heteroatoms. The lowest BCUT2D eigenvalue weighted by atomic mass is 10.00.